The van der Waals surface area contributed by atoms with E-state index in [4.69, 9.17) is 11.6 Å². The molecule has 0 bridgehead atoms. The van der Waals surface area contributed by atoms with Crippen molar-refractivity contribution in [3.05, 3.63) is 49.7 Å². The average Bonchev–Trinajstić information content (AvgIpc) is 2.87. The Hall–Kier alpha value is -1.94. The predicted octanol–water partition coefficient (Wildman–Crippen LogP) is 2.03. The highest BCUT2D eigenvalue weighted by Crippen LogP contribution is 2.23. The summed E-state index contributed by atoms with van der Waals surface area (Å²) in [6.07, 6.45) is 2.77. The van der Waals surface area contributed by atoms with Gasteiger partial charge in [0.25, 0.3) is 5.56 Å². The van der Waals surface area contributed by atoms with Crippen LogP contribution < -0.4 is 10.9 Å². The van der Waals surface area contributed by atoms with Gasteiger partial charge < -0.3 is 5.32 Å². The molecule has 7 nitrogen and oxygen atoms in total. The van der Waals surface area contributed by atoms with Crippen LogP contribution in [0.3, 0.4) is 0 Å². The van der Waals surface area contributed by atoms with Gasteiger partial charge in [-0.25, -0.2) is 4.98 Å². The molecule has 1 amide bonds. The largest absolute Gasteiger partial charge is 0.323 e. The molecule has 0 aliphatic carbocycles. The highest BCUT2D eigenvalue weighted by atomic mass is 127. The molecule has 0 radical (unpaired) electrons. The number of rotatable bonds is 3. The van der Waals surface area contributed by atoms with Crippen molar-refractivity contribution >= 4 is 56.8 Å². The van der Waals surface area contributed by atoms with E-state index in [9.17, 15) is 9.59 Å². The summed E-state index contributed by atoms with van der Waals surface area (Å²) in [6.45, 7) is -0.154. The maximum Gasteiger partial charge on any atom is 0.264 e. The Kier molecular flexibility index (Phi) is 4.35. The van der Waals surface area contributed by atoms with Gasteiger partial charge in [0.2, 0.25) is 5.91 Å². The molecule has 0 unspecified atom stereocenters. The van der Waals surface area contributed by atoms with E-state index in [0.29, 0.717) is 21.7 Å². The van der Waals surface area contributed by atoms with Crippen LogP contribution in [0.5, 0.6) is 0 Å². The fourth-order valence-corrected chi connectivity index (χ4v) is 3.02. The van der Waals surface area contributed by atoms with Crippen LogP contribution in [0, 0.1) is 3.57 Å². The van der Waals surface area contributed by atoms with Crippen molar-refractivity contribution in [1.82, 2.24) is 19.3 Å². The van der Waals surface area contributed by atoms with Crippen LogP contribution in [0.4, 0.5) is 5.69 Å². The second-order valence-electron chi connectivity index (χ2n) is 4.86. The molecule has 9 heteroatoms. The van der Waals surface area contributed by atoms with Crippen LogP contribution in [-0.4, -0.2) is 25.2 Å². The number of fused-ring (bicyclic) bond motifs is 1. The number of aryl methyl sites for hydroxylation is 1. The van der Waals surface area contributed by atoms with Gasteiger partial charge in [0.1, 0.15) is 18.3 Å². The van der Waals surface area contributed by atoms with E-state index in [2.05, 4.69) is 38.0 Å². The van der Waals surface area contributed by atoms with E-state index >= 15 is 0 Å². The van der Waals surface area contributed by atoms with Gasteiger partial charge in [-0.3, -0.25) is 18.8 Å². The monoisotopic (exact) mass is 443 g/mol. The number of carbonyl (C=O) groups is 1. The summed E-state index contributed by atoms with van der Waals surface area (Å²) in [4.78, 5) is 28.6. The third kappa shape index (κ3) is 3.22. The first-order valence-electron chi connectivity index (χ1n) is 6.58. The molecular weight excluding hydrogens is 433 g/mol. The fourth-order valence-electron chi connectivity index (χ4n) is 2.11. The summed E-state index contributed by atoms with van der Waals surface area (Å²) in [5.74, 6) is -0.361. The van der Waals surface area contributed by atoms with Crippen molar-refractivity contribution in [2.75, 3.05) is 5.32 Å². The van der Waals surface area contributed by atoms with Crippen LogP contribution in [0.25, 0.3) is 11.0 Å². The van der Waals surface area contributed by atoms with Gasteiger partial charge in [0.15, 0.2) is 5.65 Å². The summed E-state index contributed by atoms with van der Waals surface area (Å²) < 4.78 is 3.71. The van der Waals surface area contributed by atoms with Gasteiger partial charge in [0, 0.05) is 10.6 Å². The predicted molar refractivity (Wildman–Crippen MR) is 95.6 cm³/mol. The minimum Gasteiger partial charge on any atom is -0.323 e. The van der Waals surface area contributed by atoms with E-state index in [1.165, 1.54) is 21.8 Å². The molecule has 3 rings (SSSR count). The lowest BCUT2D eigenvalue weighted by molar-refractivity contribution is -0.116. The summed E-state index contributed by atoms with van der Waals surface area (Å²) in [7, 11) is 1.70. The lowest BCUT2D eigenvalue weighted by Crippen LogP contribution is -2.27. The average molecular weight is 444 g/mol. The van der Waals surface area contributed by atoms with Crippen LogP contribution in [0.2, 0.25) is 5.02 Å². The molecule has 0 aliphatic heterocycles. The Morgan fingerprint density at radius 3 is 2.96 bits per heavy atom. The SMILES string of the molecule is Cn1ncc2c(=O)n(CC(=O)Nc3ccc(I)cc3Cl)cnc21. The molecule has 0 atom stereocenters. The first kappa shape index (κ1) is 15.9. The molecule has 118 valence electrons. The Bertz CT molecular complexity index is 965. The summed E-state index contributed by atoms with van der Waals surface area (Å²) in [6, 6.07) is 5.29. The Labute approximate surface area is 149 Å². The highest BCUT2D eigenvalue weighted by Gasteiger charge is 2.12. The van der Waals surface area contributed by atoms with Gasteiger partial charge >= 0.3 is 0 Å². The number of halogens is 2. The minimum atomic E-state index is -0.361. The molecule has 0 spiro atoms. The molecule has 2 aromatic heterocycles. The smallest absolute Gasteiger partial charge is 0.264 e. The van der Waals surface area contributed by atoms with Crippen molar-refractivity contribution in [1.29, 1.82) is 0 Å². The van der Waals surface area contributed by atoms with Crippen LogP contribution in [-0.2, 0) is 18.4 Å². The summed E-state index contributed by atoms with van der Waals surface area (Å²) >= 11 is 8.21. The topological polar surface area (TPSA) is 81.8 Å². The summed E-state index contributed by atoms with van der Waals surface area (Å²) in [5.41, 5.74) is 0.667. The third-order valence-corrected chi connectivity index (χ3v) is 4.22. The second kappa shape index (κ2) is 6.28. The molecule has 23 heavy (non-hydrogen) atoms. The van der Waals surface area contributed by atoms with Crippen LogP contribution >= 0.6 is 34.2 Å². The van der Waals surface area contributed by atoms with Gasteiger partial charge in [-0.2, -0.15) is 5.10 Å². The lowest BCUT2D eigenvalue weighted by atomic mass is 10.3. The first-order valence-corrected chi connectivity index (χ1v) is 8.03. The Morgan fingerprint density at radius 1 is 1.43 bits per heavy atom. The third-order valence-electron chi connectivity index (χ3n) is 3.24. The van der Waals surface area contributed by atoms with E-state index in [-0.39, 0.29) is 18.0 Å². The molecule has 0 saturated heterocycles. The molecule has 0 aliphatic rings. The van der Waals surface area contributed by atoms with Gasteiger partial charge in [-0.15, -0.1) is 0 Å². The molecule has 0 saturated carbocycles. The lowest BCUT2D eigenvalue weighted by Gasteiger charge is -2.09. The van der Waals surface area contributed by atoms with E-state index in [1.54, 1.807) is 19.2 Å². The van der Waals surface area contributed by atoms with Crippen molar-refractivity contribution < 1.29 is 4.79 Å². The van der Waals surface area contributed by atoms with Gasteiger partial charge in [0.05, 0.1) is 16.9 Å². The quantitative estimate of drug-likeness (QED) is 0.628. The van der Waals surface area contributed by atoms with E-state index < -0.39 is 0 Å². The number of hydrogen-bond donors (Lipinski definition) is 1. The van der Waals surface area contributed by atoms with Gasteiger partial charge in [-0.1, -0.05) is 11.6 Å². The molecule has 1 N–H and O–H groups in total. The zero-order valence-electron chi connectivity index (χ0n) is 12.0. The minimum absolute atomic E-state index is 0.154. The van der Waals surface area contributed by atoms with Crippen molar-refractivity contribution in [3.8, 4) is 0 Å². The number of aromatic nitrogens is 4. The van der Waals surface area contributed by atoms with Gasteiger partial charge in [-0.05, 0) is 40.8 Å². The number of carbonyl (C=O) groups excluding carboxylic acids is 1. The molecule has 3 aromatic rings. The maximum absolute atomic E-state index is 12.3. The maximum atomic E-state index is 12.3. The number of nitrogens with zero attached hydrogens (tertiary/aromatic N) is 4. The Balaban J connectivity index is 1.83. The molecular formula is C14H11ClIN5O2. The van der Waals surface area contributed by atoms with Crippen molar-refractivity contribution in [3.63, 3.8) is 0 Å². The number of hydrogen-bond acceptors (Lipinski definition) is 4. The van der Waals surface area contributed by atoms with Crippen molar-refractivity contribution in [2.24, 2.45) is 7.05 Å². The Morgan fingerprint density at radius 2 is 2.22 bits per heavy atom. The molecule has 0 fully saturated rings. The van der Waals surface area contributed by atoms with Crippen molar-refractivity contribution in [2.45, 2.75) is 6.54 Å². The first-order chi connectivity index (χ1) is 11.0. The van der Waals surface area contributed by atoms with Crippen LogP contribution in [0.15, 0.2) is 35.5 Å². The molecule has 2 heterocycles. The number of amides is 1. The zero-order valence-corrected chi connectivity index (χ0v) is 14.9. The standard InChI is InChI=1S/C14H11ClIN5O2/c1-20-13-9(5-18-20)14(23)21(7-17-13)6-12(22)19-11-3-2-8(16)4-10(11)15/h2-5,7H,6H2,1H3,(H,19,22). The number of nitrogens with one attached hydrogen (secondary N) is 1. The molecule has 1 aromatic carbocycles. The second-order valence-corrected chi connectivity index (χ2v) is 6.51. The summed E-state index contributed by atoms with van der Waals surface area (Å²) in [5, 5.41) is 7.48. The normalized spacial score (nSPS) is 10.9. The zero-order chi connectivity index (χ0) is 16.6. The van der Waals surface area contributed by atoms with Crippen LogP contribution in [0.1, 0.15) is 0 Å². The number of benzene rings is 1. The number of anilines is 1. The fraction of sp³-hybridized carbons (Fsp3) is 0.143. The van der Waals surface area contributed by atoms with E-state index in [1.807, 2.05) is 6.07 Å². The van der Waals surface area contributed by atoms with E-state index in [0.717, 1.165) is 3.57 Å². The highest BCUT2D eigenvalue weighted by molar-refractivity contribution is 14.1.